The van der Waals surface area contributed by atoms with E-state index < -0.39 is 17.5 Å². The lowest BCUT2D eigenvalue weighted by molar-refractivity contribution is 0.0922. The number of phenols is 1. The van der Waals surface area contributed by atoms with Gasteiger partial charge in [-0.25, -0.2) is 9.37 Å². The zero-order chi connectivity index (χ0) is 19.5. The van der Waals surface area contributed by atoms with E-state index in [1.54, 1.807) is 6.20 Å². The van der Waals surface area contributed by atoms with Gasteiger partial charge in [-0.15, -0.1) is 0 Å². The van der Waals surface area contributed by atoms with Crippen molar-refractivity contribution in [2.24, 2.45) is 0 Å². The van der Waals surface area contributed by atoms with Crippen LogP contribution in [0.2, 0.25) is 0 Å². The van der Waals surface area contributed by atoms with Gasteiger partial charge in [0.1, 0.15) is 0 Å². The number of hydrogen-bond donors (Lipinski definition) is 2. The van der Waals surface area contributed by atoms with Crippen LogP contribution in [0.1, 0.15) is 54.4 Å². The Labute approximate surface area is 161 Å². The van der Waals surface area contributed by atoms with Crippen LogP contribution in [0.15, 0.2) is 41.1 Å². The minimum Gasteiger partial charge on any atom is -0.505 e. The lowest BCUT2D eigenvalue weighted by Gasteiger charge is -2.24. The van der Waals surface area contributed by atoms with Gasteiger partial charge in [-0.3, -0.25) is 9.48 Å². The summed E-state index contributed by atoms with van der Waals surface area (Å²) in [6, 6.07) is 6.03. The maximum atomic E-state index is 13.2. The second kappa shape index (κ2) is 7.84. The van der Waals surface area contributed by atoms with Crippen LogP contribution in [0.5, 0.6) is 5.75 Å². The summed E-state index contributed by atoms with van der Waals surface area (Å²) in [4.78, 5) is 16.4. The summed E-state index contributed by atoms with van der Waals surface area (Å²) >= 11 is 0. The molecule has 0 atom stereocenters. The Kier molecular flexibility index (Phi) is 5.10. The first-order valence-electron chi connectivity index (χ1n) is 9.37. The molecule has 146 valence electrons. The van der Waals surface area contributed by atoms with Gasteiger partial charge in [-0.2, -0.15) is 5.10 Å². The predicted octanol–water partition coefficient (Wildman–Crippen LogP) is 3.82. The van der Waals surface area contributed by atoms with Gasteiger partial charge in [-0.05, 0) is 37.1 Å². The molecule has 0 aliphatic heterocycles. The Balaban J connectivity index is 1.42. The molecule has 2 aromatic heterocycles. The van der Waals surface area contributed by atoms with Crippen molar-refractivity contribution in [2.75, 3.05) is 0 Å². The highest BCUT2D eigenvalue weighted by Gasteiger charge is 2.19. The van der Waals surface area contributed by atoms with E-state index >= 15 is 0 Å². The van der Waals surface area contributed by atoms with E-state index in [2.05, 4.69) is 15.4 Å². The van der Waals surface area contributed by atoms with Crippen molar-refractivity contribution in [3.63, 3.8) is 0 Å². The molecular formula is C20H21FN4O3. The molecule has 4 rings (SSSR count). The second-order valence-electron chi connectivity index (χ2n) is 6.94. The summed E-state index contributed by atoms with van der Waals surface area (Å²) in [6.07, 6.45) is 8.96. The normalized spacial score (nSPS) is 14.9. The van der Waals surface area contributed by atoms with Crippen molar-refractivity contribution in [3.8, 4) is 17.2 Å². The summed E-state index contributed by atoms with van der Waals surface area (Å²) in [5, 5.41) is 16.7. The number of benzene rings is 1. The number of rotatable bonds is 5. The molecule has 1 aliphatic rings. The fourth-order valence-electron chi connectivity index (χ4n) is 3.55. The molecule has 8 heteroatoms. The third-order valence-electron chi connectivity index (χ3n) is 5.03. The lowest BCUT2D eigenvalue weighted by atomic mass is 9.95. The molecule has 0 bridgehead atoms. The van der Waals surface area contributed by atoms with E-state index in [-0.39, 0.29) is 11.7 Å². The molecule has 3 aromatic rings. The maximum Gasteiger partial charge on any atom is 0.289 e. The van der Waals surface area contributed by atoms with Crippen LogP contribution in [0.4, 0.5) is 4.39 Å². The van der Waals surface area contributed by atoms with E-state index in [1.165, 1.54) is 37.6 Å². The van der Waals surface area contributed by atoms with E-state index in [1.807, 2.05) is 10.7 Å². The Hall–Kier alpha value is -3.16. The van der Waals surface area contributed by atoms with Crippen molar-refractivity contribution in [1.29, 1.82) is 0 Å². The highest BCUT2D eigenvalue weighted by molar-refractivity contribution is 5.91. The zero-order valence-corrected chi connectivity index (χ0v) is 15.3. The van der Waals surface area contributed by atoms with E-state index in [0.29, 0.717) is 18.2 Å². The van der Waals surface area contributed by atoms with Gasteiger partial charge < -0.3 is 14.8 Å². The van der Waals surface area contributed by atoms with Crippen molar-refractivity contribution in [2.45, 2.75) is 44.7 Å². The molecule has 7 nitrogen and oxygen atoms in total. The molecular weight excluding hydrogens is 363 g/mol. The van der Waals surface area contributed by atoms with Crippen molar-refractivity contribution in [3.05, 3.63) is 53.9 Å². The first kappa shape index (κ1) is 18.2. The molecule has 1 fully saturated rings. The molecule has 1 aromatic carbocycles. The van der Waals surface area contributed by atoms with Gasteiger partial charge in [0.15, 0.2) is 11.6 Å². The summed E-state index contributed by atoms with van der Waals surface area (Å²) in [7, 11) is 0. The Morgan fingerprint density at radius 1 is 1.29 bits per heavy atom. The highest BCUT2D eigenvalue weighted by Crippen LogP contribution is 2.28. The highest BCUT2D eigenvalue weighted by atomic mass is 19.1. The summed E-state index contributed by atoms with van der Waals surface area (Å²) in [5.41, 5.74) is 1.33. The molecule has 0 radical (unpaired) electrons. The maximum absolute atomic E-state index is 13.2. The second-order valence-corrected chi connectivity index (χ2v) is 6.94. The number of amides is 1. The Bertz CT molecular complexity index is 975. The van der Waals surface area contributed by atoms with E-state index in [9.17, 15) is 14.3 Å². The zero-order valence-electron chi connectivity index (χ0n) is 15.3. The van der Waals surface area contributed by atoms with Gasteiger partial charge in [0.05, 0.1) is 24.5 Å². The van der Waals surface area contributed by atoms with Crippen molar-refractivity contribution in [1.82, 2.24) is 20.1 Å². The number of hydrogen-bond acceptors (Lipinski definition) is 5. The summed E-state index contributed by atoms with van der Waals surface area (Å²) in [5.74, 6) is -1.46. The largest absolute Gasteiger partial charge is 0.505 e. The third-order valence-corrected chi connectivity index (χ3v) is 5.03. The molecule has 1 saturated carbocycles. The standard InChI is InChI=1S/C20H21FN4O3/c21-16-7-6-13(10-17(16)26)20-23-12-18(28-20)19(27)22-11-15-8-9-24-25(15)14-4-2-1-3-5-14/h6-10,12,14,26H,1-5,11H2,(H,22,27). The molecule has 0 spiro atoms. The average Bonchev–Trinajstić information content (AvgIpc) is 3.39. The minimum atomic E-state index is -0.733. The van der Waals surface area contributed by atoms with Crippen LogP contribution in [0.25, 0.3) is 11.5 Å². The van der Waals surface area contributed by atoms with Gasteiger partial charge in [0.25, 0.3) is 5.91 Å². The summed E-state index contributed by atoms with van der Waals surface area (Å²) in [6.45, 7) is 0.336. The van der Waals surface area contributed by atoms with Crippen LogP contribution >= 0.6 is 0 Å². The fourth-order valence-corrected chi connectivity index (χ4v) is 3.55. The number of carbonyl (C=O) groups excluding carboxylic acids is 1. The number of nitrogens with one attached hydrogen (secondary N) is 1. The third kappa shape index (κ3) is 3.76. The fraction of sp³-hybridized carbons (Fsp3) is 0.350. The molecule has 2 heterocycles. The summed E-state index contributed by atoms with van der Waals surface area (Å²) < 4.78 is 20.6. The Morgan fingerprint density at radius 2 is 2.11 bits per heavy atom. The smallest absolute Gasteiger partial charge is 0.289 e. The minimum absolute atomic E-state index is 0.0440. The number of carbonyl (C=O) groups is 1. The van der Waals surface area contributed by atoms with Crippen LogP contribution < -0.4 is 5.32 Å². The van der Waals surface area contributed by atoms with Crippen molar-refractivity contribution >= 4 is 5.91 Å². The lowest BCUT2D eigenvalue weighted by Crippen LogP contribution is -2.25. The number of aromatic hydroxyl groups is 1. The topological polar surface area (TPSA) is 93.2 Å². The number of aromatic nitrogens is 3. The van der Waals surface area contributed by atoms with Crippen LogP contribution in [0.3, 0.4) is 0 Å². The van der Waals surface area contributed by atoms with E-state index in [0.717, 1.165) is 24.6 Å². The molecule has 0 saturated heterocycles. The SMILES string of the molecule is O=C(NCc1ccnn1C1CCCCC1)c1cnc(-c2ccc(F)c(O)c2)o1. The first-order valence-corrected chi connectivity index (χ1v) is 9.37. The monoisotopic (exact) mass is 384 g/mol. The molecule has 2 N–H and O–H groups in total. The van der Waals surface area contributed by atoms with Gasteiger partial charge in [0.2, 0.25) is 11.7 Å². The molecule has 28 heavy (non-hydrogen) atoms. The quantitative estimate of drug-likeness (QED) is 0.698. The van der Waals surface area contributed by atoms with Crippen molar-refractivity contribution < 1.29 is 18.7 Å². The van der Waals surface area contributed by atoms with E-state index in [4.69, 9.17) is 4.42 Å². The van der Waals surface area contributed by atoms with Gasteiger partial charge in [0, 0.05) is 11.8 Å². The average molecular weight is 384 g/mol. The first-order chi connectivity index (χ1) is 13.6. The van der Waals surface area contributed by atoms with Gasteiger partial charge >= 0.3 is 0 Å². The van der Waals surface area contributed by atoms with Gasteiger partial charge in [-0.1, -0.05) is 19.3 Å². The molecule has 0 unspecified atom stereocenters. The number of halogens is 1. The van der Waals surface area contributed by atoms with Crippen LogP contribution in [-0.2, 0) is 6.54 Å². The predicted molar refractivity (Wildman–Crippen MR) is 99.1 cm³/mol. The van der Waals surface area contributed by atoms with Crippen LogP contribution in [-0.4, -0.2) is 25.8 Å². The molecule has 1 amide bonds. The van der Waals surface area contributed by atoms with Crippen LogP contribution in [0, 0.1) is 5.82 Å². The number of nitrogens with zero attached hydrogens (tertiary/aromatic N) is 3. The number of phenolic OH excluding ortho intramolecular Hbond substituents is 1. The number of oxazole rings is 1. The molecule has 1 aliphatic carbocycles. The Morgan fingerprint density at radius 3 is 2.89 bits per heavy atom.